The average Bonchev–Trinajstić information content (AvgIpc) is 3.02. The predicted octanol–water partition coefficient (Wildman–Crippen LogP) is 5.95. The molecule has 7 heteroatoms. The van der Waals surface area contributed by atoms with E-state index in [0.29, 0.717) is 28.7 Å². The molecule has 0 unspecified atom stereocenters. The highest BCUT2D eigenvalue weighted by Crippen LogP contribution is 2.41. The summed E-state index contributed by atoms with van der Waals surface area (Å²) in [4.78, 5) is 13.4. The van der Waals surface area contributed by atoms with Gasteiger partial charge in [0.15, 0.2) is 23.1 Å². The highest BCUT2D eigenvalue weighted by molar-refractivity contribution is 6.00. The van der Waals surface area contributed by atoms with Gasteiger partial charge in [-0.15, -0.1) is 0 Å². The van der Waals surface area contributed by atoms with Crippen molar-refractivity contribution in [3.8, 4) is 17.2 Å². The van der Waals surface area contributed by atoms with Gasteiger partial charge in [-0.3, -0.25) is 4.79 Å². The van der Waals surface area contributed by atoms with Gasteiger partial charge >= 0.3 is 0 Å². The second-order valence-corrected chi connectivity index (χ2v) is 10.6. The topological polar surface area (TPSA) is 86.7 Å². The monoisotopic (exact) mass is 470 g/mol. The minimum Gasteiger partial charge on any atom is -0.507 e. The number of halogens is 1. The lowest BCUT2D eigenvalue weighted by Gasteiger charge is -2.28. The second kappa shape index (κ2) is 8.85. The molecule has 3 rings (SSSR count). The van der Waals surface area contributed by atoms with Crippen molar-refractivity contribution in [3.05, 3.63) is 46.9 Å². The van der Waals surface area contributed by atoms with E-state index in [1.54, 1.807) is 31.3 Å². The van der Waals surface area contributed by atoms with Gasteiger partial charge < -0.3 is 24.9 Å². The molecular weight excluding hydrogens is 435 g/mol. The summed E-state index contributed by atoms with van der Waals surface area (Å²) in [5.41, 5.74) is 7.41. The van der Waals surface area contributed by atoms with Crippen molar-refractivity contribution in [2.75, 3.05) is 19.5 Å². The smallest absolute Gasteiger partial charge is 0.197 e. The van der Waals surface area contributed by atoms with Crippen LogP contribution < -0.4 is 15.2 Å². The molecule has 0 amide bonds. The lowest BCUT2D eigenvalue weighted by Crippen LogP contribution is -2.20. The number of phenols is 1. The molecule has 0 bridgehead atoms. The molecule has 0 aliphatic rings. The molecule has 0 saturated carbocycles. The van der Waals surface area contributed by atoms with Crippen LogP contribution in [0.15, 0.2) is 24.4 Å². The van der Waals surface area contributed by atoms with E-state index < -0.39 is 5.82 Å². The first-order valence-corrected chi connectivity index (χ1v) is 11.4. The van der Waals surface area contributed by atoms with Gasteiger partial charge in [0, 0.05) is 28.3 Å². The molecule has 0 atom stereocenters. The van der Waals surface area contributed by atoms with Crippen LogP contribution in [0, 0.1) is 5.82 Å². The number of hydrogen-bond donors (Lipinski definition) is 2. The zero-order valence-corrected chi connectivity index (χ0v) is 21.3. The Bertz CT molecular complexity index is 1210. The summed E-state index contributed by atoms with van der Waals surface area (Å²) in [6, 6.07) is 5.14. The number of phenolic OH excluding ortho intramolecular Hbond substituents is 1. The first-order valence-electron chi connectivity index (χ1n) is 11.4. The number of ketones is 1. The molecule has 3 aromatic rings. The van der Waals surface area contributed by atoms with E-state index in [1.807, 2.05) is 41.5 Å². The van der Waals surface area contributed by atoms with Gasteiger partial charge in [0.2, 0.25) is 0 Å². The zero-order valence-electron chi connectivity index (χ0n) is 21.3. The fourth-order valence-corrected chi connectivity index (χ4v) is 4.14. The van der Waals surface area contributed by atoms with Crippen molar-refractivity contribution >= 4 is 22.4 Å². The van der Waals surface area contributed by atoms with Gasteiger partial charge in [0.25, 0.3) is 0 Å². The van der Waals surface area contributed by atoms with Crippen LogP contribution in [-0.2, 0) is 17.4 Å². The summed E-state index contributed by atoms with van der Waals surface area (Å²) in [6.45, 7) is 14.0. The van der Waals surface area contributed by atoms with E-state index >= 15 is 4.39 Å². The van der Waals surface area contributed by atoms with Gasteiger partial charge in [-0.2, -0.15) is 0 Å². The van der Waals surface area contributed by atoms with Crippen molar-refractivity contribution in [1.82, 2.24) is 4.57 Å². The fourth-order valence-electron chi connectivity index (χ4n) is 4.14. The number of ether oxygens (including phenoxy) is 2. The molecule has 1 aromatic heterocycles. The van der Waals surface area contributed by atoms with E-state index in [2.05, 4.69) is 0 Å². The maximum Gasteiger partial charge on any atom is 0.197 e. The van der Waals surface area contributed by atoms with Gasteiger partial charge in [0.05, 0.1) is 25.6 Å². The van der Waals surface area contributed by atoms with Crippen LogP contribution in [0.4, 0.5) is 10.2 Å². The molecule has 34 heavy (non-hydrogen) atoms. The molecule has 184 valence electrons. The quantitative estimate of drug-likeness (QED) is 0.435. The van der Waals surface area contributed by atoms with Crippen LogP contribution in [0.3, 0.4) is 0 Å². The Morgan fingerprint density at radius 3 is 2.12 bits per heavy atom. The summed E-state index contributed by atoms with van der Waals surface area (Å²) in [5.74, 6) is -0.217. The average molecular weight is 471 g/mol. The number of aromatic hydroxyl groups is 1. The molecule has 3 N–H and O–H groups in total. The summed E-state index contributed by atoms with van der Waals surface area (Å²) in [5, 5.41) is 11.6. The minimum atomic E-state index is -0.623. The number of anilines is 1. The second-order valence-electron chi connectivity index (χ2n) is 10.6. The number of aromatic nitrogens is 1. The van der Waals surface area contributed by atoms with E-state index in [1.165, 1.54) is 11.7 Å². The van der Waals surface area contributed by atoms with Crippen LogP contribution in [0.5, 0.6) is 17.2 Å². The third-order valence-electron chi connectivity index (χ3n) is 5.94. The number of carbonyl (C=O) groups excluding carboxylic acids is 1. The van der Waals surface area contributed by atoms with E-state index in [9.17, 15) is 9.90 Å². The van der Waals surface area contributed by atoms with Gasteiger partial charge in [-0.25, -0.2) is 4.39 Å². The number of rotatable bonds is 6. The van der Waals surface area contributed by atoms with E-state index in [0.717, 1.165) is 0 Å². The Morgan fingerprint density at radius 1 is 1.09 bits per heavy atom. The van der Waals surface area contributed by atoms with Crippen LogP contribution >= 0.6 is 0 Å². The lowest BCUT2D eigenvalue weighted by atomic mass is 9.78. The molecule has 0 saturated heterocycles. The maximum atomic E-state index is 15.2. The van der Waals surface area contributed by atoms with Gasteiger partial charge in [-0.1, -0.05) is 41.5 Å². The lowest BCUT2D eigenvalue weighted by molar-refractivity contribution is 0.0972. The normalized spacial score (nSPS) is 12.3. The van der Waals surface area contributed by atoms with E-state index in [-0.39, 0.29) is 51.6 Å². The number of nitrogen functional groups attached to an aromatic ring is 1. The molecule has 2 aromatic carbocycles. The van der Waals surface area contributed by atoms with Crippen molar-refractivity contribution in [2.24, 2.45) is 0 Å². The molecule has 0 aliphatic carbocycles. The number of nitrogens with zero attached hydrogens (tertiary/aromatic N) is 1. The number of fused-ring (bicyclic) bond motifs is 1. The first-order chi connectivity index (χ1) is 15.7. The number of methoxy groups -OCH3 is 1. The maximum absolute atomic E-state index is 15.2. The number of Topliss-reactive ketones (excluding diaryl/α,β-unsaturated/α-hetero) is 1. The Morgan fingerprint density at radius 2 is 1.65 bits per heavy atom. The SMILES string of the molecule is CCOc1cc2cn(CC(=O)c3cc(C(C)(C)C)c(O)c(C(C)(C)C)c3)c(N)c2c(F)c1OC. The van der Waals surface area contributed by atoms with Crippen LogP contribution in [0.1, 0.15) is 70.0 Å². The highest BCUT2D eigenvalue weighted by atomic mass is 19.1. The number of hydrogen-bond acceptors (Lipinski definition) is 5. The Labute approximate surface area is 200 Å². The van der Waals surface area contributed by atoms with Crippen LogP contribution in [-0.4, -0.2) is 29.2 Å². The van der Waals surface area contributed by atoms with Crippen molar-refractivity contribution in [3.63, 3.8) is 0 Å². The summed E-state index contributed by atoms with van der Waals surface area (Å²) >= 11 is 0. The summed E-state index contributed by atoms with van der Waals surface area (Å²) < 4.78 is 27.4. The molecule has 0 spiro atoms. The molecule has 0 aliphatic heterocycles. The number of benzene rings is 2. The summed E-state index contributed by atoms with van der Waals surface area (Å²) in [6.07, 6.45) is 1.64. The molecule has 0 radical (unpaired) electrons. The fraction of sp³-hybridized carbons (Fsp3) is 0.444. The van der Waals surface area contributed by atoms with Gasteiger partial charge in [-0.05, 0) is 36.0 Å². The number of carbonyl (C=O) groups is 1. The number of nitrogens with two attached hydrogens (primary N) is 1. The third-order valence-corrected chi connectivity index (χ3v) is 5.94. The van der Waals surface area contributed by atoms with E-state index in [4.69, 9.17) is 15.2 Å². The largest absolute Gasteiger partial charge is 0.507 e. The highest BCUT2D eigenvalue weighted by Gasteiger charge is 2.28. The van der Waals surface area contributed by atoms with Crippen LogP contribution in [0.2, 0.25) is 0 Å². The van der Waals surface area contributed by atoms with Crippen LogP contribution in [0.25, 0.3) is 10.8 Å². The Kier molecular flexibility index (Phi) is 6.62. The van der Waals surface area contributed by atoms with Crippen molar-refractivity contribution in [2.45, 2.75) is 65.8 Å². The molecule has 1 heterocycles. The summed E-state index contributed by atoms with van der Waals surface area (Å²) in [7, 11) is 1.37. The van der Waals surface area contributed by atoms with Gasteiger partial charge in [0.1, 0.15) is 11.6 Å². The molecular formula is C27H35FN2O4. The Balaban J connectivity index is 2.10. The third kappa shape index (κ3) is 4.56. The zero-order chi connectivity index (χ0) is 25.6. The molecule has 0 fully saturated rings. The first kappa shape index (κ1) is 25.4. The van der Waals surface area contributed by atoms with Crippen molar-refractivity contribution in [1.29, 1.82) is 0 Å². The van der Waals surface area contributed by atoms with Crippen molar-refractivity contribution < 1.29 is 23.8 Å². The predicted molar refractivity (Wildman–Crippen MR) is 134 cm³/mol. The molecule has 6 nitrogen and oxygen atoms in total. The minimum absolute atomic E-state index is 0.0201. The standard InChI is InChI=1S/C27H35FN2O4/c1-9-34-20-12-16-13-30(25(29)21(16)22(28)24(20)33-8)14-19(31)15-10-17(26(2,3)4)23(32)18(11-15)27(5,6)7/h10-13,32H,9,14,29H2,1-8H3. The Hall–Kier alpha value is -3.22.